The van der Waals surface area contributed by atoms with E-state index in [9.17, 15) is 24.3 Å². The van der Waals surface area contributed by atoms with Crippen LogP contribution in [0.2, 0.25) is 0 Å². The standard InChI is InChI=1S/C51H98N2O6S.Na/c1-3-5-6-7-8-9-23-28-33-38-45-60-46-39-34-29-24-19-17-15-13-11-10-12-14-16-18-20-26-31-36-41-49(55)53(4-2)44-37-32-27-22-21-25-30-35-40-48(54)52-47(51(58)59)42-43-50(56)57;/h47H,3-46H2,1-2H3,(H,52,54)(H,56,57)(H,58,59);/q;+1/p-1. The Morgan fingerprint density at radius 1 is 0.492 bits per heavy atom. The van der Waals surface area contributed by atoms with Crippen LogP contribution in [0.25, 0.3) is 0 Å². The van der Waals surface area contributed by atoms with Crippen LogP contribution in [-0.4, -0.2) is 64.4 Å². The molecule has 1 atom stereocenters. The summed E-state index contributed by atoms with van der Waals surface area (Å²) in [5.74, 6) is 0.165. The minimum atomic E-state index is -1.33. The number of carboxylic acids is 2. The molecule has 0 radical (unpaired) electrons. The van der Waals surface area contributed by atoms with Gasteiger partial charge in [-0.25, -0.2) is 4.79 Å². The van der Waals surface area contributed by atoms with E-state index in [1.165, 1.54) is 185 Å². The van der Waals surface area contributed by atoms with Gasteiger partial charge in [0, 0.05) is 31.9 Å². The molecule has 0 aromatic rings. The van der Waals surface area contributed by atoms with Crippen LogP contribution in [0.1, 0.15) is 271 Å². The van der Waals surface area contributed by atoms with Crippen LogP contribution in [0.3, 0.4) is 0 Å². The van der Waals surface area contributed by atoms with E-state index in [0.29, 0.717) is 18.7 Å². The number of rotatable bonds is 49. The topological polar surface area (TPSA) is 127 Å². The monoisotopic (exact) mass is 889 g/mol. The first kappa shape index (κ1) is 62.3. The van der Waals surface area contributed by atoms with Gasteiger partial charge in [-0.3, -0.25) is 9.59 Å². The summed E-state index contributed by atoms with van der Waals surface area (Å²) in [6.07, 6.45) is 47.5. The first-order chi connectivity index (χ1) is 29.3. The molecule has 0 saturated carbocycles. The number of amides is 2. The molecular formula is C51H97N2NaO6S. The number of unbranched alkanes of at least 4 members (excludes halogenated alkanes) is 33. The van der Waals surface area contributed by atoms with Gasteiger partial charge in [-0.15, -0.1) is 0 Å². The molecule has 2 N–H and O–H groups in total. The van der Waals surface area contributed by atoms with Crippen molar-refractivity contribution in [2.45, 2.75) is 277 Å². The first-order valence-corrected chi connectivity index (χ1v) is 27.0. The summed E-state index contributed by atoms with van der Waals surface area (Å²) in [4.78, 5) is 48.6. The van der Waals surface area contributed by atoms with E-state index in [1.54, 1.807) is 0 Å². The van der Waals surface area contributed by atoms with Gasteiger partial charge in [0.2, 0.25) is 11.8 Å². The summed E-state index contributed by atoms with van der Waals surface area (Å²) in [7, 11) is 0. The quantitative estimate of drug-likeness (QED) is 0.0460. The van der Waals surface area contributed by atoms with E-state index >= 15 is 0 Å². The van der Waals surface area contributed by atoms with E-state index in [2.05, 4.69) is 30.9 Å². The summed E-state index contributed by atoms with van der Waals surface area (Å²) in [5.41, 5.74) is 0. The number of nitrogens with one attached hydrogen (secondary N) is 1. The van der Waals surface area contributed by atoms with Crippen molar-refractivity contribution in [3.63, 3.8) is 0 Å². The van der Waals surface area contributed by atoms with Crippen molar-refractivity contribution < 1.29 is 58.9 Å². The number of nitrogens with zero attached hydrogens (tertiary/aromatic N) is 1. The molecule has 0 aliphatic rings. The van der Waals surface area contributed by atoms with Gasteiger partial charge in [0.15, 0.2) is 0 Å². The SMILES string of the molecule is CCCCCCCCCCCCSCCCCCCCCCCCCCCCCCCCCC(=O)N(CC)CCCCCCCCCCC(=O)NC(CCC(=O)[O-])C(=O)O.[Na+]. The van der Waals surface area contributed by atoms with E-state index in [4.69, 9.17) is 5.11 Å². The van der Waals surface area contributed by atoms with Crippen LogP contribution in [-0.2, 0) is 19.2 Å². The summed E-state index contributed by atoms with van der Waals surface area (Å²) in [6.45, 7) is 6.01. The van der Waals surface area contributed by atoms with Gasteiger partial charge in [0.1, 0.15) is 6.04 Å². The Bertz CT molecular complexity index is 989. The average molecular weight is 889 g/mol. The fraction of sp³-hybridized carbons (Fsp3) is 0.922. The van der Waals surface area contributed by atoms with Gasteiger partial charge >= 0.3 is 35.5 Å². The third-order valence-corrected chi connectivity index (χ3v) is 13.3. The Kier molecular flexibility index (Phi) is 51.3. The van der Waals surface area contributed by atoms with Gasteiger partial charge in [0.25, 0.3) is 0 Å². The zero-order valence-corrected chi connectivity index (χ0v) is 43.4. The molecule has 0 bridgehead atoms. The second-order valence-corrected chi connectivity index (χ2v) is 19.1. The van der Waals surface area contributed by atoms with Crippen LogP contribution in [0.5, 0.6) is 0 Å². The van der Waals surface area contributed by atoms with Gasteiger partial charge in [0.05, 0.1) is 0 Å². The van der Waals surface area contributed by atoms with Gasteiger partial charge < -0.3 is 25.2 Å². The molecular weight excluding hydrogens is 792 g/mol. The molecule has 1 unspecified atom stereocenters. The molecule has 0 aliphatic carbocycles. The molecule has 0 rings (SSSR count). The van der Waals surface area contributed by atoms with Crippen LogP contribution in [0.4, 0.5) is 0 Å². The molecule has 10 heteroatoms. The first-order valence-electron chi connectivity index (χ1n) is 25.9. The van der Waals surface area contributed by atoms with Gasteiger partial charge in [-0.1, -0.05) is 206 Å². The largest absolute Gasteiger partial charge is 1.00 e. The summed E-state index contributed by atoms with van der Waals surface area (Å²) in [6, 6.07) is -1.19. The number of aliphatic carboxylic acids is 2. The predicted octanol–water partition coefficient (Wildman–Crippen LogP) is 10.5. The zero-order valence-electron chi connectivity index (χ0n) is 40.5. The van der Waals surface area contributed by atoms with Crippen molar-refractivity contribution in [3.8, 4) is 0 Å². The van der Waals surface area contributed by atoms with E-state index in [1.807, 2.05) is 4.90 Å². The number of hydrogen-bond donors (Lipinski definition) is 2. The molecule has 0 aromatic heterocycles. The number of carbonyl (C=O) groups excluding carboxylic acids is 3. The Hall–Kier alpha value is -0.770. The zero-order chi connectivity index (χ0) is 44.0. The van der Waals surface area contributed by atoms with Crippen molar-refractivity contribution in [1.82, 2.24) is 10.2 Å². The van der Waals surface area contributed by atoms with Crippen molar-refractivity contribution >= 4 is 35.5 Å². The molecule has 0 aliphatic heterocycles. The molecule has 0 heterocycles. The second kappa shape index (κ2) is 50.2. The fourth-order valence-electron chi connectivity index (χ4n) is 8.15. The number of thioether (sulfide) groups is 1. The maximum Gasteiger partial charge on any atom is 1.00 e. The average Bonchev–Trinajstić information content (AvgIpc) is 3.23. The molecule has 0 spiro atoms. The van der Waals surface area contributed by atoms with E-state index in [0.717, 1.165) is 64.5 Å². The van der Waals surface area contributed by atoms with Crippen molar-refractivity contribution in [2.24, 2.45) is 0 Å². The van der Waals surface area contributed by atoms with Crippen molar-refractivity contribution in [2.75, 3.05) is 24.6 Å². The number of hydrogen-bond acceptors (Lipinski definition) is 6. The minimum absolute atomic E-state index is 0. The maximum absolute atomic E-state index is 12.7. The maximum atomic E-state index is 12.7. The Morgan fingerprint density at radius 3 is 1.20 bits per heavy atom. The molecule has 0 aromatic carbocycles. The summed E-state index contributed by atoms with van der Waals surface area (Å²) >= 11 is 2.20. The molecule has 354 valence electrons. The van der Waals surface area contributed by atoms with Gasteiger partial charge in [-0.2, -0.15) is 11.8 Å². The Morgan fingerprint density at radius 2 is 0.836 bits per heavy atom. The summed E-state index contributed by atoms with van der Waals surface area (Å²) < 4.78 is 0. The summed E-state index contributed by atoms with van der Waals surface area (Å²) in [5, 5.41) is 22.1. The van der Waals surface area contributed by atoms with E-state index < -0.39 is 24.4 Å². The number of carbonyl (C=O) groups is 4. The van der Waals surface area contributed by atoms with Crippen LogP contribution in [0.15, 0.2) is 0 Å². The normalized spacial score (nSPS) is 11.6. The van der Waals surface area contributed by atoms with Crippen LogP contribution in [0, 0.1) is 0 Å². The Labute approximate surface area is 403 Å². The second-order valence-electron chi connectivity index (χ2n) is 17.8. The van der Waals surface area contributed by atoms with Crippen molar-refractivity contribution in [3.05, 3.63) is 0 Å². The molecule has 8 nitrogen and oxygen atoms in total. The smallest absolute Gasteiger partial charge is 0.550 e. The fourth-order valence-corrected chi connectivity index (χ4v) is 9.18. The molecule has 61 heavy (non-hydrogen) atoms. The number of carboxylic acid groups (broad SMARTS) is 2. The van der Waals surface area contributed by atoms with Crippen LogP contribution >= 0.6 is 11.8 Å². The minimum Gasteiger partial charge on any atom is -0.550 e. The third-order valence-electron chi connectivity index (χ3n) is 12.2. The predicted molar refractivity (Wildman–Crippen MR) is 255 cm³/mol. The van der Waals surface area contributed by atoms with Gasteiger partial charge in [-0.05, 0) is 63.4 Å². The van der Waals surface area contributed by atoms with Crippen molar-refractivity contribution in [1.29, 1.82) is 0 Å². The molecule has 0 saturated heterocycles. The van der Waals surface area contributed by atoms with Crippen LogP contribution < -0.4 is 40.0 Å². The molecule has 0 fully saturated rings. The molecule has 2 amide bonds. The Balaban J connectivity index is 0. The third kappa shape index (κ3) is 47.0. The van der Waals surface area contributed by atoms with E-state index in [-0.39, 0.29) is 48.3 Å².